The average molecular weight is 269 g/mol. The minimum atomic E-state index is -0.341. The van der Waals surface area contributed by atoms with Crippen LogP contribution in [0.2, 0.25) is 0 Å². The van der Waals surface area contributed by atoms with Gasteiger partial charge in [-0.15, -0.1) is 0 Å². The molecule has 1 aromatic rings. The molecule has 1 saturated carbocycles. The molecule has 1 heterocycles. The van der Waals surface area contributed by atoms with Gasteiger partial charge >= 0.3 is 0 Å². The molecule has 0 radical (unpaired) electrons. The lowest BCUT2D eigenvalue weighted by molar-refractivity contribution is -0.0527. The Bertz CT molecular complexity index is 375. The zero-order chi connectivity index (χ0) is 13.6. The summed E-state index contributed by atoms with van der Waals surface area (Å²) in [6, 6.07) is 0. The number of ether oxygens (including phenoxy) is 2. The molecule has 6 heteroatoms. The van der Waals surface area contributed by atoms with Crippen molar-refractivity contribution in [3.63, 3.8) is 0 Å². The molecule has 0 amide bonds. The van der Waals surface area contributed by atoms with E-state index in [1.807, 2.05) is 0 Å². The number of hydrogen-bond donors (Lipinski definition) is 1. The van der Waals surface area contributed by atoms with Crippen LogP contribution < -0.4 is 5.32 Å². The van der Waals surface area contributed by atoms with Gasteiger partial charge in [0.25, 0.3) is 0 Å². The molecular weight excluding hydrogens is 246 g/mol. The van der Waals surface area contributed by atoms with Crippen LogP contribution in [0.3, 0.4) is 0 Å². The fraction of sp³-hybridized carbons (Fsp3) is 0.846. The van der Waals surface area contributed by atoms with Gasteiger partial charge in [-0.25, -0.2) is 0 Å². The molecule has 108 valence electrons. The third-order valence-electron chi connectivity index (χ3n) is 3.69. The predicted molar refractivity (Wildman–Crippen MR) is 69.7 cm³/mol. The minimum absolute atomic E-state index is 0.341. The van der Waals surface area contributed by atoms with Gasteiger partial charge in [-0.05, 0) is 12.8 Å². The van der Waals surface area contributed by atoms with E-state index in [2.05, 4.69) is 15.5 Å². The number of methoxy groups -OCH3 is 2. The molecule has 19 heavy (non-hydrogen) atoms. The van der Waals surface area contributed by atoms with Crippen molar-refractivity contribution in [2.45, 2.75) is 44.2 Å². The first-order valence-corrected chi connectivity index (χ1v) is 6.88. The maximum atomic E-state index is 5.70. The largest absolute Gasteiger partial charge is 0.383 e. The monoisotopic (exact) mass is 269 g/mol. The van der Waals surface area contributed by atoms with E-state index in [0.29, 0.717) is 24.9 Å². The smallest absolute Gasteiger partial charge is 0.240 e. The zero-order valence-corrected chi connectivity index (χ0v) is 11.8. The fourth-order valence-electron chi connectivity index (χ4n) is 2.52. The predicted octanol–water partition coefficient (Wildman–Crippen LogP) is 1.61. The number of nitrogens with zero attached hydrogens (tertiary/aromatic N) is 2. The van der Waals surface area contributed by atoms with Crippen molar-refractivity contribution < 1.29 is 14.0 Å². The second-order valence-electron chi connectivity index (χ2n) is 4.94. The molecule has 1 aromatic heterocycles. The standard InChI is InChI=1S/C13H23N3O3/c1-17-9-8-14-10-11-15-12(16-19-11)13(18-2)6-4-3-5-7-13/h14H,3-10H2,1-2H3. The van der Waals surface area contributed by atoms with Crippen LogP contribution in [-0.4, -0.2) is 37.5 Å². The first-order valence-electron chi connectivity index (χ1n) is 6.88. The Balaban J connectivity index is 1.94. The van der Waals surface area contributed by atoms with Crippen LogP contribution in [0.15, 0.2) is 4.52 Å². The lowest BCUT2D eigenvalue weighted by Gasteiger charge is -2.32. The number of rotatable bonds is 7. The molecule has 0 aromatic carbocycles. The fourth-order valence-corrected chi connectivity index (χ4v) is 2.52. The zero-order valence-electron chi connectivity index (χ0n) is 11.8. The summed E-state index contributed by atoms with van der Waals surface area (Å²) in [5, 5.41) is 7.29. The maximum Gasteiger partial charge on any atom is 0.240 e. The van der Waals surface area contributed by atoms with Gasteiger partial charge in [-0.3, -0.25) is 0 Å². The SMILES string of the molecule is COCCNCc1nc(C2(OC)CCCCC2)no1. The average Bonchev–Trinajstić information content (AvgIpc) is 2.94. The van der Waals surface area contributed by atoms with Crippen molar-refractivity contribution in [2.75, 3.05) is 27.4 Å². The highest BCUT2D eigenvalue weighted by Crippen LogP contribution is 2.38. The van der Waals surface area contributed by atoms with Crippen LogP contribution in [0.5, 0.6) is 0 Å². The summed E-state index contributed by atoms with van der Waals surface area (Å²) in [4.78, 5) is 4.47. The number of nitrogens with one attached hydrogen (secondary N) is 1. The summed E-state index contributed by atoms with van der Waals surface area (Å²) in [7, 11) is 3.41. The Hall–Kier alpha value is -0.980. The van der Waals surface area contributed by atoms with E-state index in [1.165, 1.54) is 6.42 Å². The van der Waals surface area contributed by atoms with Gasteiger partial charge in [-0.1, -0.05) is 24.4 Å². The molecule has 6 nitrogen and oxygen atoms in total. The second kappa shape index (κ2) is 6.98. The normalized spacial score (nSPS) is 18.6. The number of aromatic nitrogens is 2. The lowest BCUT2D eigenvalue weighted by Crippen LogP contribution is -2.32. The van der Waals surface area contributed by atoms with Gasteiger partial charge in [0.05, 0.1) is 13.2 Å². The van der Waals surface area contributed by atoms with E-state index < -0.39 is 0 Å². The van der Waals surface area contributed by atoms with E-state index in [1.54, 1.807) is 14.2 Å². The topological polar surface area (TPSA) is 69.4 Å². The van der Waals surface area contributed by atoms with Crippen LogP contribution in [0, 0.1) is 0 Å². The van der Waals surface area contributed by atoms with E-state index in [4.69, 9.17) is 14.0 Å². The molecule has 0 unspecified atom stereocenters. The van der Waals surface area contributed by atoms with E-state index in [9.17, 15) is 0 Å². The molecular formula is C13H23N3O3. The summed E-state index contributed by atoms with van der Waals surface area (Å²) in [6.07, 6.45) is 5.52. The highest BCUT2D eigenvalue weighted by Gasteiger charge is 2.38. The van der Waals surface area contributed by atoms with Crippen molar-refractivity contribution >= 4 is 0 Å². The molecule has 0 atom stereocenters. The van der Waals surface area contributed by atoms with Gasteiger partial charge in [-0.2, -0.15) is 4.98 Å². The second-order valence-corrected chi connectivity index (χ2v) is 4.94. The Labute approximate surface area is 113 Å². The van der Waals surface area contributed by atoms with E-state index in [0.717, 1.165) is 32.2 Å². The maximum absolute atomic E-state index is 5.70. The first kappa shape index (κ1) is 14.4. The Morgan fingerprint density at radius 2 is 2.05 bits per heavy atom. The Morgan fingerprint density at radius 3 is 2.74 bits per heavy atom. The third kappa shape index (κ3) is 3.52. The van der Waals surface area contributed by atoms with Crippen LogP contribution >= 0.6 is 0 Å². The van der Waals surface area contributed by atoms with Gasteiger partial charge in [0.2, 0.25) is 11.7 Å². The molecule has 0 spiro atoms. The first-order chi connectivity index (χ1) is 9.30. The Kier molecular flexibility index (Phi) is 5.30. The molecule has 0 bridgehead atoms. The summed E-state index contributed by atoms with van der Waals surface area (Å²) in [5.74, 6) is 1.30. The molecule has 0 saturated heterocycles. The van der Waals surface area contributed by atoms with Crippen LogP contribution in [0.25, 0.3) is 0 Å². The van der Waals surface area contributed by atoms with E-state index >= 15 is 0 Å². The third-order valence-corrected chi connectivity index (χ3v) is 3.69. The highest BCUT2D eigenvalue weighted by molar-refractivity contribution is 5.03. The highest BCUT2D eigenvalue weighted by atomic mass is 16.5. The van der Waals surface area contributed by atoms with Crippen molar-refractivity contribution in [3.8, 4) is 0 Å². The van der Waals surface area contributed by atoms with Crippen LogP contribution in [-0.2, 0) is 21.6 Å². The van der Waals surface area contributed by atoms with Gasteiger partial charge < -0.3 is 19.3 Å². The minimum Gasteiger partial charge on any atom is -0.383 e. The summed E-state index contributed by atoms with van der Waals surface area (Å²) in [5.41, 5.74) is -0.341. The number of hydrogen-bond acceptors (Lipinski definition) is 6. The Morgan fingerprint density at radius 1 is 1.26 bits per heavy atom. The van der Waals surface area contributed by atoms with Crippen molar-refractivity contribution in [1.82, 2.24) is 15.5 Å². The molecule has 2 rings (SSSR count). The molecule has 1 aliphatic carbocycles. The quantitative estimate of drug-likeness (QED) is 0.758. The van der Waals surface area contributed by atoms with Crippen LogP contribution in [0.1, 0.15) is 43.8 Å². The van der Waals surface area contributed by atoms with Crippen molar-refractivity contribution in [3.05, 3.63) is 11.7 Å². The molecule has 0 aliphatic heterocycles. The van der Waals surface area contributed by atoms with Gasteiger partial charge in [0.1, 0.15) is 5.60 Å². The van der Waals surface area contributed by atoms with E-state index in [-0.39, 0.29) is 5.60 Å². The molecule has 1 fully saturated rings. The summed E-state index contributed by atoms with van der Waals surface area (Å²) >= 11 is 0. The van der Waals surface area contributed by atoms with Crippen molar-refractivity contribution in [2.24, 2.45) is 0 Å². The van der Waals surface area contributed by atoms with Crippen LogP contribution in [0.4, 0.5) is 0 Å². The summed E-state index contributed by atoms with van der Waals surface area (Å²) < 4.78 is 15.9. The lowest BCUT2D eigenvalue weighted by atomic mass is 9.84. The van der Waals surface area contributed by atoms with Crippen molar-refractivity contribution in [1.29, 1.82) is 0 Å². The van der Waals surface area contributed by atoms with Gasteiger partial charge in [0.15, 0.2) is 0 Å². The molecule has 1 N–H and O–H groups in total. The van der Waals surface area contributed by atoms with Gasteiger partial charge in [0, 0.05) is 20.8 Å². The summed E-state index contributed by atoms with van der Waals surface area (Å²) in [6.45, 7) is 2.00. The molecule has 1 aliphatic rings.